The Morgan fingerprint density at radius 3 is 2.53 bits per heavy atom. The van der Waals surface area contributed by atoms with Crippen LogP contribution in [0.3, 0.4) is 0 Å². The maximum absolute atomic E-state index is 11.6. The van der Waals surface area contributed by atoms with Gasteiger partial charge >= 0.3 is 0 Å². The molecule has 1 amide bonds. The van der Waals surface area contributed by atoms with E-state index in [1.165, 1.54) is 0 Å². The van der Waals surface area contributed by atoms with Crippen molar-refractivity contribution in [3.8, 4) is 0 Å². The van der Waals surface area contributed by atoms with Gasteiger partial charge in [-0.1, -0.05) is 6.08 Å². The third-order valence-corrected chi connectivity index (χ3v) is 2.41. The Balaban J connectivity index is 2.63. The van der Waals surface area contributed by atoms with Gasteiger partial charge in [-0.3, -0.25) is 4.79 Å². The largest absolute Gasteiger partial charge is 0.378 e. The van der Waals surface area contributed by atoms with E-state index in [0.29, 0.717) is 6.42 Å². The number of hydrogen-bond acceptors (Lipinski definition) is 3. The quantitative estimate of drug-likeness (QED) is 0.759. The SMILES string of the molecule is C=CCC(N)C(=O)Nc1ccc(N(C)C)cc1. The van der Waals surface area contributed by atoms with Gasteiger partial charge in [0.05, 0.1) is 6.04 Å². The number of anilines is 2. The Morgan fingerprint density at radius 2 is 2.06 bits per heavy atom. The Bertz CT molecular complexity index is 384. The summed E-state index contributed by atoms with van der Waals surface area (Å²) in [6.07, 6.45) is 2.11. The topological polar surface area (TPSA) is 58.4 Å². The molecule has 4 nitrogen and oxygen atoms in total. The highest BCUT2D eigenvalue weighted by Gasteiger charge is 2.11. The van der Waals surface area contributed by atoms with Gasteiger partial charge < -0.3 is 16.0 Å². The second-order valence-electron chi connectivity index (χ2n) is 4.06. The van der Waals surface area contributed by atoms with Crippen molar-refractivity contribution in [2.45, 2.75) is 12.5 Å². The van der Waals surface area contributed by atoms with Crippen LogP contribution in [0, 0.1) is 0 Å². The van der Waals surface area contributed by atoms with Crippen LogP contribution >= 0.6 is 0 Å². The molecule has 0 aliphatic carbocycles. The molecule has 0 radical (unpaired) electrons. The number of nitrogens with zero attached hydrogens (tertiary/aromatic N) is 1. The molecule has 0 aromatic heterocycles. The van der Waals surface area contributed by atoms with E-state index in [-0.39, 0.29) is 5.91 Å². The zero-order valence-electron chi connectivity index (χ0n) is 10.3. The van der Waals surface area contributed by atoms with E-state index in [9.17, 15) is 4.79 Å². The molecule has 1 aromatic carbocycles. The molecule has 1 unspecified atom stereocenters. The molecule has 0 bridgehead atoms. The second-order valence-corrected chi connectivity index (χ2v) is 4.06. The summed E-state index contributed by atoms with van der Waals surface area (Å²) in [6.45, 7) is 3.56. The second kappa shape index (κ2) is 6.06. The van der Waals surface area contributed by atoms with E-state index in [1.54, 1.807) is 6.08 Å². The highest BCUT2D eigenvalue weighted by atomic mass is 16.2. The van der Waals surface area contributed by atoms with Gasteiger partial charge in [-0.15, -0.1) is 6.58 Å². The minimum absolute atomic E-state index is 0.192. The third kappa shape index (κ3) is 3.92. The van der Waals surface area contributed by atoms with Gasteiger partial charge in [-0.2, -0.15) is 0 Å². The Kier molecular flexibility index (Phi) is 4.72. The minimum Gasteiger partial charge on any atom is -0.378 e. The van der Waals surface area contributed by atoms with Crippen LogP contribution in [0.15, 0.2) is 36.9 Å². The molecule has 4 heteroatoms. The summed E-state index contributed by atoms with van der Waals surface area (Å²) in [5, 5.41) is 2.76. The third-order valence-electron chi connectivity index (χ3n) is 2.41. The number of carbonyl (C=O) groups excluding carboxylic acids is 1. The number of carbonyl (C=O) groups is 1. The fraction of sp³-hybridized carbons (Fsp3) is 0.308. The highest BCUT2D eigenvalue weighted by molar-refractivity contribution is 5.94. The van der Waals surface area contributed by atoms with Gasteiger partial charge in [0, 0.05) is 25.5 Å². The van der Waals surface area contributed by atoms with Crippen LogP contribution in [-0.4, -0.2) is 26.0 Å². The first-order chi connectivity index (χ1) is 8.04. The molecule has 3 N–H and O–H groups in total. The van der Waals surface area contributed by atoms with Crippen molar-refractivity contribution in [1.82, 2.24) is 0 Å². The van der Waals surface area contributed by atoms with Gasteiger partial charge in [0.25, 0.3) is 0 Å². The fourth-order valence-corrected chi connectivity index (χ4v) is 1.36. The van der Waals surface area contributed by atoms with Crippen LogP contribution in [0.1, 0.15) is 6.42 Å². The number of hydrogen-bond donors (Lipinski definition) is 2. The molecular formula is C13H19N3O. The van der Waals surface area contributed by atoms with E-state index in [4.69, 9.17) is 5.73 Å². The molecular weight excluding hydrogens is 214 g/mol. The molecule has 0 saturated heterocycles. The summed E-state index contributed by atoms with van der Waals surface area (Å²) >= 11 is 0. The van der Waals surface area contributed by atoms with Crippen molar-refractivity contribution in [2.24, 2.45) is 5.73 Å². The zero-order valence-corrected chi connectivity index (χ0v) is 10.3. The van der Waals surface area contributed by atoms with Crippen LogP contribution in [0.4, 0.5) is 11.4 Å². The normalized spacial score (nSPS) is 11.7. The number of amides is 1. The molecule has 1 rings (SSSR count). The molecule has 0 aliphatic rings. The molecule has 0 heterocycles. The summed E-state index contributed by atoms with van der Waals surface area (Å²) in [4.78, 5) is 13.6. The number of rotatable bonds is 5. The Hall–Kier alpha value is -1.81. The first kappa shape index (κ1) is 13.3. The van der Waals surface area contributed by atoms with E-state index >= 15 is 0 Å². The number of nitrogens with two attached hydrogens (primary N) is 1. The molecule has 92 valence electrons. The zero-order chi connectivity index (χ0) is 12.8. The van der Waals surface area contributed by atoms with Crippen molar-refractivity contribution < 1.29 is 4.79 Å². The predicted molar refractivity (Wildman–Crippen MR) is 72.2 cm³/mol. The summed E-state index contributed by atoms with van der Waals surface area (Å²) in [5.41, 5.74) is 7.49. The molecule has 0 aliphatic heterocycles. The number of nitrogens with one attached hydrogen (secondary N) is 1. The van der Waals surface area contributed by atoms with Gasteiger partial charge in [0.15, 0.2) is 0 Å². The average molecular weight is 233 g/mol. The van der Waals surface area contributed by atoms with Crippen molar-refractivity contribution in [1.29, 1.82) is 0 Å². The van der Waals surface area contributed by atoms with Crippen molar-refractivity contribution >= 4 is 17.3 Å². The predicted octanol–water partition coefficient (Wildman–Crippen LogP) is 1.59. The van der Waals surface area contributed by atoms with Crippen LogP contribution in [0.25, 0.3) is 0 Å². The van der Waals surface area contributed by atoms with Crippen LogP contribution < -0.4 is 16.0 Å². The van der Waals surface area contributed by atoms with Crippen LogP contribution in [0.5, 0.6) is 0 Å². The lowest BCUT2D eigenvalue weighted by Gasteiger charge is -2.14. The van der Waals surface area contributed by atoms with E-state index in [0.717, 1.165) is 11.4 Å². The minimum atomic E-state index is -0.541. The van der Waals surface area contributed by atoms with Gasteiger partial charge in [0.2, 0.25) is 5.91 Å². The number of benzene rings is 1. The molecule has 0 spiro atoms. The smallest absolute Gasteiger partial charge is 0.241 e. The lowest BCUT2D eigenvalue weighted by Crippen LogP contribution is -2.35. The van der Waals surface area contributed by atoms with E-state index in [1.807, 2.05) is 43.3 Å². The lowest BCUT2D eigenvalue weighted by molar-refractivity contribution is -0.117. The molecule has 1 aromatic rings. The highest BCUT2D eigenvalue weighted by Crippen LogP contribution is 2.15. The first-order valence-corrected chi connectivity index (χ1v) is 5.49. The lowest BCUT2D eigenvalue weighted by atomic mass is 10.2. The summed E-state index contributed by atoms with van der Waals surface area (Å²) in [6, 6.07) is 7.05. The maximum atomic E-state index is 11.6. The summed E-state index contributed by atoms with van der Waals surface area (Å²) in [5.74, 6) is -0.192. The maximum Gasteiger partial charge on any atom is 0.241 e. The molecule has 0 saturated carbocycles. The van der Waals surface area contributed by atoms with Crippen molar-refractivity contribution in [3.05, 3.63) is 36.9 Å². The monoisotopic (exact) mass is 233 g/mol. The molecule has 0 fully saturated rings. The first-order valence-electron chi connectivity index (χ1n) is 5.49. The van der Waals surface area contributed by atoms with Crippen molar-refractivity contribution in [2.75, 3.05) is 24.3 Å². The van der Waals surface area contributed by atoms with Gasteiger partial charge in [-0.25, -0.2) is 0 Å². The standard InChI is InChI=1S/C13H19N3O/c1-4-5-12(14)13(17)15-10-6-8-11(9-7-10)16(2)3/h4,6-9,12H,1,5,14H2,2-3H3,(H,15,17). The van der Waals surface area contributed by atoms with E-state index < -0.39 is 6.04 Å². The average Bonchev–Trinajstić information content (AvgIpc) is 2.30. The van der Waals surface area contributed by atoms with Crippen LogP contribution in [-0.2, 0) is 4.79 Å². The van der Waals surface area contributed by atoms with Gasteiger partial charge in [-0.05, 0) is 30.7 Å². The van der Waals surface area contributed by atoms with Gasteiger partial charge in [0.1, 0.15) is 0 Å². The van der Waals surface area contributed by atoms with Crippen molar-refractivity contribution in [3.63, 3.8) is 0 Å². The Labute approximate surface area is 102 Å². The summed E-state index contributed by atoms with van der Waals surface area (Å²) < 4.78 is 0. The Morgan fingerprint density at radius 1 is 1.47 bits per heavy atom. The van der Waals surface area contributed by atoms with E-state index in [2.05, 4.69) is 11.9 Å². The van der Waals surface area contributed by atoms with Crippen LogP contribution in [0.2, 0.25) is 0 Å². The fourth-order valence-electron chi connectivity index (χ4n) is 1.36. The molecule has 1 atom stereocenters. The summed E-state index contributed by atoms with van der Waals surface area (Å²) in [7, 11) is 3.93. The molecule has 17 heavy (non-hydrogen) atoms.